The molecule has 0 bridgehead atoms. The van der Waals surface area contributed by atoms with Gasteiger partial charge in [0.15, 0.2) is 5.69 Å². The highest BCUT2D eigenvalue weighted by Crippen LogP contribution is 2.26. The van der Waals surface area contributed by atoms with Crippen molar-refractivity contribution in [3.63, 3.8) is 0 Å². The zero-order chi connectivity index (χ0) is 18.0. The minimum atomic E-state index is -0.838. The summed E-state index contributed by atoms with van der Waals surface area (Å²) in [5, 5.41) is 13.0. The summed E-state index contributed by atoms with van der Waals surface area (Å²) in [6.07, 6.45) is 6.69. The van der Waals surface area contributed by atoms with E-state index < -0.39 is 5.97 Å². The van der Waals surface area contributed by atoms with Gasteiger partial charge in [-0.1, -0.05) is 0 Å². The van der Waals surface area contributed by atoms with E-state index >= 15 is 0 Å². The molecule has 3 heterocycles. The van der Waals surface area contributed by atoms with Crippen LogP contribution >= 0.6 is 0 Å². The van der Waals surface area contributed by atoms with Crippen LogP contribution in [-0.2, 0) is 11.8 Å². The van der Waals surface area contributed by atoms with Gasteiger partial charge in [0, 0.05) is 32.3 Å². The van der Waals surface area contributed by atoms with Gasteiger partial charge >= 0.3 is 5.97 Å². The largest absolute Gasteiger partial charge is 0.481 e. The molecule has 1 amide bonds. The molecule has 134 valence electrons. The highest BCUT2D eigenvalue weighted by Gasteiger charge is 2.31. The lowest BCUT2D eigenvalue weighted by molar-refractivity contribution is -0.137. The van der Waals surface area contributed by atoms with Crippen LogP contribution in [0.25, 0.3) is 11.5 Å². The van der Waals surface area contributed by atoms with Gasteiger partial charge in [0.05, 0.1) is 11.8 Å². The average molecular weight is 346 g/mol. The quantitative estimate of drug-likeness (QED) is 0.891. The summed E-state index contributed by atoms with van der Waals surface area (Å²) in [5.41, 5.74) is 1.01. The SMILES string of the molecule is Cc1oc(-c2cnn(C)c2)nc1C(=O)N1CCCCC1CCC(=O)O. The van der Waals surface area contributed by atoms with Gasteiger partial charge in [0.1, 0.15) is 5.76 Å². The summed E-state index contributed by atoms with van der Waals surface area (Å²) in [6, 6.07) is -0.0599. The lowest BCUT2D eigenvalue weighted by Crippen LogP contribution is -2.44. The molecular formula is C17H22N4O4. The fourth-order valence-corrected chi connectivity index (χ4v) is 3.24. The number of hydrogen-bond acceptors (Lipinski definition) is 5. The Morgan fingerprint density at radius 1 is 1.40 bits per heavy atom. The lowest BCUT2D eigenvalue weighted by Gasteiger charge is -2.35. The smallest absolute Gasteiger partial charge is 0.303 e. The van der Waals surface area contributed by atoms with Crippen molar-refractivity contribution in [2.45, 2.75) is 45.1 Å². The van der Waals surface area contributed by atoms with E-state index in [1.54, 1.807) is 35.9 Å². The van der Waals surface area contributed by atoms with Gasteiger partial charge in [-0.05, 0) is 32.6 Å². The number of aliphatic carboxylic acids is 1. The molecule has 0 aromatic carbocycles. The molecule has 1 aliphatic rings. The molecule has 1 unspecified atom stereocenters. The second-order valence-corrected chi connectivity index (χ2v) is 6.41. The number of carboxylic acids is 1. The Bertz CT molecular complexity index is 779. The molecular weight excluding hydrogens is 324 g/mol. The molecule has 1 fully saturated rings. The summed E-state index contributed by atoms with van der Waals surface area (Å²) < 4.78 is 7.30. The van der Waals surface area contributed by atoms with E-state index in [9.17, 15) is 9.59 Å². The van der Waals surface area contributed by atoms with E-state index in [1.807, 2.05) is 0 Å². The van der Waals surface area contributed by atoms with Crippen LogP contribution in [0.5, 0.6) is 0 Å². The van der Waals surface area contributed by atoms with Crippen LogP contribution in [0.1, 0.15) is 48.4 Å². The number of aromatic nitrogens is 3. The third-order valence-corrected chi connectivity index (χ3v) is 4.53. The lowest BCUT2D eigenvalue weighted by atomic mass is 9.97. The van der Waals surface area contributed by atoms with E-state index in [-0.39, 0.29) is 18.4 Å². The summed E-state index contributed by atoms with van der Waals surface area (Å²) in [4.78, 5) is 30.0. The first-order valence-corrected chi connectivity index (χ1v) is 8.45. The van der Waals surface area contributed by atoms with Gasteiger partial charge in [-0.3, -0.25) is 14.3 Å². The third-order valence-electron chi connectivity index (χ3n) is 4.53. The van der Waals surface area contributed by atoms with Crippen LogP contribution in [0.2, 0.25) is 0 Å². The maximum absolute atomic E-state index is 13.0. The molecule has 8 heteroatoms. The molecule has 1 atom stereocenters. The van der Waals surface area contributed by atoms with Crippen LogP contribution < -0.4 is 0 Å². The highest BCUT2D eigenvalue weighted by molar-refractivity contribution is 5.94. The van der Waals surface area contributed by atoms with Crippen molar-refractivity contribution in [1.82, 2.24) is 19.7 Å². The Morgan fingerprint density at radius 3 is 2.88 bits per heavy atom. The first-order chi connectivity index (χ1) is 12.0. The van der Waals surface area contributed by atoms with E-state index in [1.165, 1.54) is 0 Å². The predicted molar refractivity (Wildman–Crippen MR) is 89.0 cm³/mol. The maximum Gasteiger partial charge on any atom is 0.303 e. The summed E-state index contributed by atoms with van der Waals surface area (Å²) >= 11 is 0. The number of aryl methyl sites for hydroxylation is 2. The van der Waals surface area contributed by atoms with E-state index in [4.69, 9.17) is 9.52 Å². The normalized spacial score (nSPS) is 17.7. The van der Waals surface area contributed by atoms with Gasteiger partial charge in [-0.25, -0.2) is 4.98 Å². The molecule has 0 radical (unpaired) electrons. The zero-order valence-corrected chi connectivity index (χ0v) is 14.4. The Morgan fingerprint density at radius 2 is 2.20 bits per heavy atom. The number of nitrogens with zero attached hydrogens (tertiary/aromatic N) is 4. The van der Waals surface area contributed by atoms with Crippen molar-refractivity contribution in [3.05, 3.63) is 23.8 Å². The summed E-state index contributed by atoms with van der Waals surface area (Å²) in [5.74, 6) is -0.194. The number of likely N-dealkylation sites (tertiary alicyclic amines) is 1. The van der Waals surface area contributed by atoms with E-state index in [0.29, 0.717) is 35.9 Å². The molecule has 3 rings (SSSR count). The maximum atomic E-state index is 13.0. The second kappa shape index (κ2) is 7.08. The van der Waals surface area contributed by atoms with Crippen molar-refractivity contribution in [2.24, 2.45) is 7.05 Å². The van der Waals surface area contributed by atoms with E-state index in [0.717, 1.165) is 19.3 Å². The van der Waals surface area contributed by atoms with Crippen LogP contribution in [0.3, 0.4) is 0 Å². The molecule has 1 N–H and O–H groups in total. The second-order valence-electron chi connectivity index (χ2n) is 6.41. The summed E-state index contributed by atoms with van der Waals surface area (Å²) in [7, 11) is 1.80. The number of amides is 1. The molecule has 1 aliphatic heterocycles. The Labute approximate surface area is 145 Å². The molecule has 25 heavy (non-hydrogen) atoms. The van der Waals surface area contributed by atoms with E-state index in [2.05, 4.69) is 10.1 Å². The first kappa shape index (κ1) is 17.2. The van der Waals surface area contributed by atoms with Gasteiger partial charge in [-0.15, -0.1) is 0 Å². The number of carbonyl (C=O) groups excluding carboxylic acids is 1. The number of hydrogen-bond donors (Lipinski definition) is 1. The number of piperidine rings is 1. The van der Waals surface area contributed by atoms with Crippen molar-refractivity contribution < 1.29 is 19.1 Å². The van der Waals surface area contributed by atoms with Crippen LogP contribution in [0, 0.1) is 6.92 Å². The number of carbonyl (C=O) groups is 2. The fourth-order valence-electron chi connectivity index (χ4n) is 3.24. The van der Waals surface area contributed by atoms with Crippen LogP contribution in [0.4, 0.5) is 0 Å². The topological polar surface area (TPSA) is 101 Å². The van der Waals surface area contributed by atoms with Gasteiger partial charge in [-0.2, -0.15) is 5.10 Å². The first-order valence-electron chi connectivity index (χ1n) is 8.45. The Hall–Kier alpha value is -2.64. The molecule has 1 saturated heterocycles. The van der Waals surface area contributed by atoms with Crippen molar-refractivity contribution >= 4 is 11.9 Å². The monoisotopic (exact) mass is 346 g/mol. The number of rotatable bonds is 5. The molecule has 0 spiro atoms. The Balaban J connectivity index is 1.81. The van der Waals surface area contributed by atoms with Crippen molar-refractivity contribution in [1.29, 1.82) is 0 Å². The zero-order valence-electron chi connectivity index (χ0n) is 14.4. The van der Waals surface area contributed by atoms with Crippen LogP contribution in [0.15, 0.2) is 16.8 Å². The minimum absolute atomic E-state index is 0.0599. The predicted octanol–water partition coefficient (Wildman–Crippen LogP) is 2.24. The molecule has 0 aliphatic carbocycles. The molecule has 8 nitrogen and oxygen atoms in total. The average Bonchev–Trinajstić information content (AvgIpc) is 3.18. The minimum Gasteiger partial charge on any atom is -0.481 e. The number of carboxylic acid groups (broad SMARTS) is 1. The van der Waals surface area contributed by atoms with Crippen molar-refractivity contribution in [3.8, 4) is 11.5 Å². The van der Waals surface area contributed by atoms with Crippen molar-refractivity contribution in [2.75, 3.05) is 6.54 Å². The number of oxazole rings is 1. The summed E-state index contributed by atoms with van der Waals surface area (Å²) in [6.45, 7) is 2.34. The molecule has 2 aromatic rings. The van der Waals surface area contributed by atoms with Gasteiger partial charge in [0.25, 0.3) is 5.91 Å². The highest BCUT2D eigenvalue weighted by atomic mass is 16.4. The Kier molecular flexibility index (Phi) is 4.87. The third kappa shape index (κ3) is 3.72. The van der Waals surface area contributed by atoms with Gasteiger partial charge < -0.3 is 14.4 Å². The van der Waals surface area contributed by atoms with Crippen LogP contribution in [-0.4, -0.2) is 49.2 Å². The molecule has 0 saturated carbocycles. The van der Waals surface area contributed by atoms with Gasteiger partial charge in [0.2, 0.25) is 5.89 Å². The molecule has 2 aromatic heterocycles. The standard InChI is InChI=1S/C17H22N4O4/c1-11-15(19-16(25-11)12-9-18-20(2)10-12)17(24)21-8-4-3-5-13(21)6-7-14(22)23/h9-10,13H,3-8H2,1-2H3,(H,22,23). The fraction of sp³-hybridized carbons (Fsp3) is 0.529.